The Morgan fingerprint density at radius 3 is 2.64 bits per heavy atom. The van der Waals surface area contributed by atoms with Gasteiger partial charge >= 0.3 is 0 Å². The predicted octanol–water partition coefficient (Wildman–Crippen LogP) is 1.55. The molecular weight excluding hydrogens is 138 g/mol. The lowest BCUT2D eigenvalue weighted by atomic mass is 10.2. The summed E-state index contributed by atoms with van der Waals surface area (Å²) in [5.41, 5.74) is 5.97. The molecule has 0 bridgehead atoms. The number of primary amides is 1. The number of rotatable bonds is 4. The summed E-state index contributed by atoms with van der Waals surface area (Å²) in [4.78, 5) is 10.2. The van der Waals surface area contributed by atoms with E-state index < -0.39 is 5.91 Å². The van der Waals surface area contributed by atoms with Crippen molar-refractivity contribution in [3.8, 4) is 0 Å². The fourth-order valence-electron chi connectivity index (χ4n) is 0.597. The number of hydrogen-bond acceptors (Lipinski definition) is 1. The third-order valence-corrected chi connectivity index (χ3v) is 1.24. The quantitative estimate of drug-likeness (QED) is 0.480. The van der Waals surface area contributed by atoms with E-state index in [9.17, 15) is 4.79 Å². The first-order chi connectivity index (χ1) is 5.20. The number of nitrogens with two attached hydrogens (primary N) is 1. The second kappa shape index (κ2) is 5.47. The second-order valence-electron chi connectivity index (χ2n) is 2.06. The molecule has 0 heterocycles. The fourth-order valence-corrected chi connectivity index (χ4v) is 0.597. The molecule has 0 atom stereocenters. The molecule has 0 aliphatic carbocycles. The standard InChI is InChI=1S/C9H13NO/c1-3-8(4-2)6-5-7-9(10)11/h3,5-7H,1,4H2,2H3,(H2,10,11)/b7-5+,8-6+. The van der Waals surface area contributed by atoms with E-state index in [0.717, 1.165) is 12.0 Å². The zero-order valence-corrected chi connectivity index (χ0v) is 6.71. The van der Waals surface area contributed by atoms with Gasteiger partial charge in [-0.25, -0.2) is 0 Å². The summed E-state index contributed by atoms with van der Waals surface area (Å²) in [6, 6.07) is 0. The van der Waals surface area contributed by atoms with Gasteiger partial charge in [-0.3, -0.25) is 4.79 Å². The van der Waals surface area contributed by atoms with Crippen molar-refractivity contribution in [1.82, 2.24) is 0 Å². The van der Waals surface area contributed by atoms with E-state index in [1.165, 1.54) is 6.08 Å². The van der Waals surface area contributed by atoms with Gasteiger partial charge in [0.05, 0.1) is 0 Å². The van der Waals surface area contributed by atoms with Crippen LogP contribution in [0.2, 0.25) is 0 Å². The van der Waals surface area contributed by atoms with Crippen molar-refractivity contribution in [2.75, 3.05) is 0 Å². The molecule has 0 fully saturated rings. The summed E-state index contributed by atoms with van der Waals surface area (Å²) < 4.78 is 0. The normalized spacial score (nSPS) is 11.9. The van der Waals surface area contributed by atoms with Gasteiger partial charge in [-0.15, -0.1) is 0 Å². The van der Waals surface area contributed by atoms with Crippen LogP contribution in [0.15, 0.2) is 36.5 Å². The lowest BCUT2D eigenvalue weighted by Crippen LogP contribution is -2.04. The highest BCUT2D eigenvalue weighted by molar-refractivity contribution is 5.86. The maximum Gasteiger partial charge on any atom is 0.241 e. The van der Waals surface area contributed by atoms with Crippen molar-refractivity contribution in [2.24, 2.45) is 5.73 Å². The lowest BCUT2D eigenvalue weighted by molar-refractivity contribution is -0.113. The van der Waals surface area contributed by atoms with Gasteiger partial charge in [-0.05, 0) is 12.0 Å². The van der Waals surface area contributed by atoms with Gasteiger partial charge in [0.1, 0.15) is 0 Å². The highest BCUT2D eigenvalue weighted by atomic mass is 16.1. The van der Waals surface area contributed by atoms with E-state index >= 15 is 0 Å². The Morgan fingerprint density at radius 1 is 1.64 bits per heavy atom. The number of hydrogen-bond donors (Lipinski definition) is 1. The third-order valence-electron chi connectivity index (χ3n) is 1.24. The molecule has 0 aromatic rings. The molecule has 0 aromatic carbocycles. The second-order valence-corrected chi connectivity index (χ2v) is 2.06. The summed E-state index contributed by atoms with van der Waals surface area (Å²) in [5, 5.41) is 0. The molecule has 0 saturated carbocycles. The Labute approximate surface area is 67.1 Å². The van der Waals surface area contributed by atoms with Crippen LogP contribution in [0.25, 0.3) is 0 Å². The molecule has 0 unspecified atom stereocenters. The van der Waals surface area contributed by atoms with E-state index in [2.05, 4.69) is 6.58 Å². The SMILES string of the molecule is C=C/C(=C\C=C\C(N)=O)CC. The molecule has 0 aliphatic heterocycles. The van der Waals surface area contributed by atoms with Gasteiger partial charge in [0, 0.05) is 6.08 Å². The van der Waals surface area contributed by atoms with Gasteiger partial charge in [0.2, 0.25) is 5.91 Å². The van der Waals surface area contributed by atoms with Crippen LogP contribution in [-0.4, -0.2) is 5.91 Å². The average Bonchev–Trinajstić information content (AvgIpc) is 1.98. The summed E-state index contributed by atoms with van der Waals surface area (Å²) in [5.74, 6) is -0.430. The topological polar surface area (TPSA) is 43.1 Å². The molecule has 2 N–H and O–H groups in total. The smallest absolute Gasteiger partial charge is 0.241 e. The van der Waals surface area contributed by atoms with Gasteiger partial charge in [-0.2, -0.15) is 0 Å². The summed E-state index contributed by atoms with van der Waals surface area (Å²) >= 11 is 0. The molecule has 1 amide bonds. The highest BCUT2D eigenvalue weighted by Gasteiger charge is 1.83. The molecular formula is C9H13NO. The molecule has 0 aliphatic rings. The van der Waals surface area contributed by atoms with Crippen LogP contribution >= 0.6 is 0 Å². The van der Waals surface area contributed by atoms with Crippen LogP contribution in [0.1, 0.15) is 13.3 Å². The minimum atomic E-state index is -0.430. The molecule has 2 nitrogen and oxygen atoms in total. The molecule has 11 heavy (non-hydrogen) atoms. The van der Waals surface area contributed by atoms with Crippen molar-refractivity contribution in [2.45, 2.75) is 13.3 Å². The van der Waals surface area contributed by atoms with E-state index in [4.69, 9.17) is 5.73 Å². The Hall–Kier alpha value is -1.31. The molecule has 60 valence electrons. The average molecular weight is 151 g/mol. The van der Waals surface area contributed by atoms with Crippen LogP contribution in [0, 0.1) is 0 Å². The maximum atomic E-state index is 10.2. The molecule has 0 spiro atoms. The summed E-state index contributed by atoms with van der Waals surface area (Å²) in [6.45, 7) is 5.63. The van der Waals surface area contributed by atoms with E-state index in [1.54, 1.807) is 12.2 Å². The first-order valence-electron chi connectivity index (χ1n) is 3.49. The highest BCUT2D eigenvalue weighted by Crippen LogP contribution is 2.00. The van der Waals surface area contributed by atoms with Crippen LogP contribution in [0.4, 0.5) is 0 Å². The van der Waals surface area contributed by atoms with E-state index in [0.29, 0.717) is 0 Å². The van der Waals surface area contributed by atoms with Crippen molar-refractivity contribution < 1.29 is 4.79 Å². The predicted molar refractivity (Wildman–Crippen MR) is 46.9 cm³/mol. The molecule has 0 aromatic heterocycles. The first kappa shape index (κ1) is 9.69. The van der Waals surface area contributed by atoms with Gasteiger partial charge in [-0.1, -0.05) is 31.7 Å². The summed E-state index contributed by atoms with van der Waals surface area (Å²) in [7, 11) is 0. The minimum Gasteiger partial charge on any atom is -0.366 e. The Kier molecular flexibility index (Phi) is 4.82. The van der Waals surface area contributed by atoms with Crippen molar-refractivity contribution in [3.63, 3.8) is 0 Å². The number of amides is 1. The monoisotopic (exact) mass is 151 g/mol. The zero-order chi connectivity index (χ0) is 8.69. The zero-order valence-electron chi connectivity index (χ0n) is 6.71. The Bertz CT molecular complexity index is 202. The van der Waals surface area contributed by atoms with Gasteiger partial charge in [0.25, 0.3) is 0 Å². The maximum absolute atomic E-state index is 10.2. The molecule has 0 rings (SSSR count). The van der Waals surface area contributed by atoms with Gasteiger partial charge in [0.15, 0.2) is 0 Å². The number of allylic oxidation sites excluding steroid dienone is 4. The van der Waals surface area contributed by atoms with Crippen molar-refractivity contribution in [1.29, 1.82) is 0 Å². The largest absolute Gasteiger partial charge is 0.366 e. The molecule has 0 saturated heterocycles. The molecule has 0 radical (unpaired) electrons. The van der Waals surface area contributed by atoms with Gasteiger partial charge < -0.3 is 5.73 Å². The lowest BCUT2D eigenvalue weighted by Gasteiger charge is -1.90. The van der Waals surface area contributed by atoms with Crippen LogP contribution in [0.3, 0.4) is 0 Å². The van der Waals surface area contributed by atoms with E-state index in [1.807, 2.05) is 13.0 Å². The minimum absolute atomic E-state index is 0.430. The fraction of sp³-hybridized carbons (Fsp3) is 0.222. The third kappa shape index (κ3) is 5.15. The molecule has 2 heteroatoms. The van der Waals surface area contributed by atoms with Crippen LogP contribution in [-0.2, 0) is 4.79 Å². The number of carbonyl (C=O) groups is 1. The van der Waals surface area contributed by atoms with Crippen LogP contribution < -0.4 is 5.73 Å². The summed E-state index contributed by atoms with van der Waals surface area (Å²) in [6.07, 6.45) is 7.43. The van der Waals surface area contributed by atoms with Crippen molar-refractivity contribution in [3.05, 3.63) is 36.5 Å². The van der Waals surface area contributed by atoms with Crippen LogP contribution in [0.5, 0.6) is 0 Å². The Morgan fingerprint density at radius 2 is 2.27 bits per heavy atom. The Balaban J connectivity index is 4.08. The first-order valence-corrected chi connectivity index (χ1v) is 3.49. The van der Waals surface area contributed by atoms with E-state index in [-0.39, 0.29) is 0 Å². The van der Waals surface area contributed by atoms with Crippen molar-refractivity contribution >= 4 is 5.91 Å². The number of carbonyl (C=O) groups excluding carboxylic acids is 1.